The largest absolute Gasteiger partial charge is 0.444 e. The van der Waals surface area contributed by atoms with Gasteiger partial charge in [0.05, 0.1) is 0 Å². The van der Waals surface area contributed by atoms with Crippen molar-refractivity contribution < 1.29 is 14.3 Å². The third-order valence-corrected chi connectivity index (χ3v) is 2.73. The summed E-state index contributed by atoms with van der Waals surface area (Å²) in [4.78, 5) is 24.5. The summed E-state index contributed by atoms with van der Waals surface area (Å²) >= 11 is 0. The van der Waals surface area contributed by atoms with Crippen molar-refractivity contribution in [3.8, 4) is 0 Å². The number of nitrogens with two attached hydrogens (primary N) is 1. The highest BCUT2D eigenvalue weighted by molar-refractivity contribution is 5.84. The van der Waals surface area contributed by atoms with E-state index in [0.717, 1.165) is 12.8 Å². The summed E-state index contributed by atoms with van der Waals surface area (Å²) in [5.74, 6) is 0.0580. The number of carbonyl (C=O) groups excluding carboxylic acids is 2. The normalized spacial score (nSPS) is 17.4. The maximum absolute atomic E-state index is 11.8. The summed E-state index contributed by atoms with van der Waals surface area (Å²) in [6.45, 7) is 5.37. The average Bonchev–Trinajstić information content (AvgIpc) is 2.93. The lowest BCUT2D eigenvalue weighted by Gasteiger charge is -2.29. The molecule has 0 aromatic carbocycles. The minimum atomic E-state index is -0.562. The van der Waals surface area contributed by atoms with Gasteiger partial charge in [-0.2, -0.15) is 0 Å². The molecule has 0 spiro atoms. The molecule has 17 heavy (non-hydrogen) atoms. The molecule has 1 rings (SSSR count). The molecule has 98 valence electrons. The van der Waals surface area contributed by atoms with E-state index in [4.69, 9.17) is 10.5 Å². The first-order chi connectivity index (χ1) is 7.70. The summed E-state index contributed by atoms with van der Waals surface area (Å²) < 4.78 is 5.21. The molecule has 1 fully saturated rings. The van der Waals surface area contributed by atoms with Gasteiger partial charge in [-0.05, 0) is 33.1 Å². The van der Waals surface area contributed by atoms with Crippen LogP contribution in [0.5, 0.6) is 0 Å². The van der Waals surface area contributed by atoms with Crippen molar-refractivity contribution in [1.82, 2.24) is 4.90 Å². The summed E-state index contributed by atoms with van der Waals surface area (Å²) in [6, 6.07) is -0.558. The summed E-state index contributed by atoms with van der Waals surface area (Å²) in [6.07, 6.45) is 2.38. The predicted molar refractivity (Wildman–Crippen MR) is 64.3 cm³/mol. The van der Waals surface area contributed by atoms with E-state index in [0.29, 0.717) is 12.3 Å². The fourth-order valence-corrected chi connectivity index (χ4v) is 1.60. The topological polar surface area (TPSA) is 72.6 Å². The van der Waals surface area contributed by atoms with Gasteiger partial charge in [-0.1, -0.05) is 12.8 Å². The number of ether oxygens (including phenoxy) is 1. The quantitative estimate of drug-likeness (QED) is 0.812. The maximum atomic E-state index is 11.8. The molecule has 1 atom stereocenters. The lowest BCUT2D eigenvalue weighted by atomic mass is 10.1. The van der Waals surface area contributed by atoms with Gasteiger partial charge < -0.3 is 10.5 Å². The lowest BCUT2D eigenvalue weighted by Crippen LogP contribution is -2.47. The van der Waals surface area contributed by atoms with Gasteiger partial charge in [0.1, 0.15) is 11.6 Å². The molecule has 0 heterocycles. The molecule has 0 unspecified atom stereocenters. The Bertz CT molecular complexity index is 305. The summed E-state index contributed by atoms with van der Waals surface area (Å²) in [7, 11) is 1.56. The first-order valence-electron chi connectivity index (χ1n) is 5.96. The van der Waals surface area contributed by atoms with Crippen LogP contribution in [0.15, 0.2) is 0 Å². The molecule has 0 bridgehead atoms. The monoisotopic (exact) mass is 242 g/mol. The Morgan fingerprint density at radius 3 is 2.29 bits per heavy atom. The van der Waals surface area contributed by atoms with E-state index in [1.54, 1.807) is 27.8 Å². The van der Waals surface area contributed by atoms with Crippen LogP contribution in [0.2, 0.25) is 0 Å². The number of primary amides is 1. The van der Waals surface area contributed by atoms with Crippen LogP contribution in [0.1, 0.15) is 40.0 Å². The Balaban J connectivity index is 2.59. The minimum Gasteiger partial charge on any atom is -0.444 e. The Morgan fingerprint density at radius 2 is 1.94 bits per heavy atom. The maximum Gasteiger partial charge on any atom is 0.410 e. The predicted octanol–water partition coefficient (Wildman–Crippen LogP) is 1.51. The minimum absolute atomic E-state index is 0.467. The molecule has 2 N–H and O–H groups in total. The molecule has 1 aliphatic rings. The van der Waals surface area contributed by atoms with E-state index in [9.17, 15) is 9.59 Å². The number of amides is 2. The van der Waals surface area contributed by atoms with Crippen molar-refractivity contribution in [1.29, 1.82) is 0 Å². The van der Waals surface area contributed by atoms with Crippen molar-refractivity contribution in [2.75, 3.05) is 7.05 Å². The number of hydrogen-bond acceptors (Lipinski definition) is 3. The average molecular weight is 242 g/mol. The SMILES string of the molecule is CN(C(=O)OC(C)(C)C)[C@@H](CC1CC1)C(N)=O. The Kier molecular flexibility index (Phi) is 4.01. The van der Waals surface area contributed by atoms with E-state index in [2.05, 4.69) is 0 Å². The first-order valence-corrected chi connectivity index (χ1v) is 5.96. The Morgan fingerprint density at radius 1 is 1.41 bits per heavy atom. The molecule has 0 saturated heterocycles. The number of rotatable bonds is 4. The Hall–Kier alpha value is -1.26. The van der Waals surface area contributed by atoms with Crippen LogP contribution in [0.4, 0.5) is 4.79 Å². The van der Waals surface area contributed by atoms with Crippen molar-refractivity contribution in [3.05, 3.63) is 0 Å². The van der Waals surface area contributed by atoms with E-state index in [-0.39, 0.29) is 0 Å². The van der Waals surface area contributed by atoms with E-state index < -0.39 is 23.6 Å². The van der Waals surface area contributed by atoms with Crippen LogP contribution in [0.25, 0.3) is 0 Å². The number of nitrogens with zero attached hydrogens (tertiary/aromatic N) is 1. The van der Waals surface area contributed by atoms with Gasteiger partial charge in [0.2, 0.25) is 5.91 Å². The third-order valence-electron chi connectivity index (χ3n) is 2.73. The van der Waals surface area contributed by atoms with Crippen LogP contribution in [-0.4, -0.2) is 35.6 Å². The van der Waals surface area contributed by atoms with Gasteiger partial charge >= 0.3 is 6.09 Å². The van der Waals surface area contributed by atoms with Gasteiger partial charge in [-0.3, -0.25) is 9.69 Å². The zero-order valence-corrected chi connectivity index (χ0v) is 11.0. The third kappa shape index (κ3) is 4.63. The molecule has 2 amide bonds. The van der Waals surface area contributed by atoms with Gasteiger partial charge in [0.15, 0.2) is 0 Å². The molecule has 1 aliphatic carbocycles. The number of carbonyl (C=O) groups is 2. The van der Waals surface area contributed by atoms with Gasteiger partial charge in [0, 0.05) is 7.05 Å². The van der Waals surface area contributed by atoms with Crippen LogP contribution < -0.4 is 5.73 Å². The highest BCUT2D eigenvalue weighted by atomic mass is 16.6. The smallest absolute Gasteiger partial charge is 0.410 e. The number of hydrogen-bond donors (Lipinski definition) is 1. The standard InChI is InChI=1S/C12H22N2O3/c1-12(2,3)17-11(16)14(4)9(10(13)15)7-8-5-6-8/h8-9H,5-7H2,1-4H3,(H2,13,15)/t9-/m0/s1. The van der Waals surface area contributed by atoms with Crippen molar-refractivity contribution >= 4 is 12.0 Å². The second kappa shape index (κ2) is 4.94. The highest BCUT2D eigenvalue weighted by Gasteiger charge is 2.34. The fourth-order valence-electron chi connectivity index (χ4n) is 1.60. The molecular formula is C12H22N2O3. The number of likely N-dealkylation sites (N-methyl/N-ethyl adjacent to an activating group) is 1. The second-order valence-electron chi connectivity index (χ2n) is 5.69. The van der Waals surface area contributed by atoms with Crippen molar-refractivity contribution in [2.24, 2.45) is 11.7 Å². The molecular weight excluding hydrogens is 220 g/mol. The van der Waals surface area contributed by atoms with Crippen LogP contribution in [-0.2, 0) is 9.53 Å². The van der Waals surface area contributed by atoms with E-state index in [1.165, 1.54) is 4.90 Å². The molecule has 0 aromatic heterocycles. The van der Waals surface area contributed by atoms with Crippen molar-refractivity contribution in [2.45, 2.75) is 51.7 Å². The summed E-state index contributed by atoms with van der Waals surface area (Å²) in [5.41, 5.74) is 4.76. The highest BCUT2D eigenvalue weighted by Crippen LogP contribution is 2.34. The summed E-state index contributed by atoms with van der Waals surface area (Å²) in [5, 5.41) is 0. The van der Waals surface area contributed by atoms with Crippen LogP contribution >= 0.6 is 0 Å². The molecule has 0 aliphatic heterocycles. The van der Waals surface area contributed by atoms with Crippen LogP contribution in [0.3, 0.4) is 0 Å². The fraction of sp³-hybridized carbons (Fsp3) is 0.833. The van der Waals surface area contributed by atoms with E-state index >= 15 is 0 Å². The van der Waals surface area contributed by atoms with Crippen LogP contribution in [0, 0.1) is 5.92 Å². The molecule has 0 aromatic rings. The molecule has 5 nitrogen and oxygen atoms in total. The molecule has 0 radical (unpaired) electrons. The van der Waals surface area contributed by atoms with E-state index in [1.807, 2.05) is 0 Å². The lowest BCUT2D eigenvalue weighted by molar-refractivity contribution is -0.123. The zero-order chi connectivity index (χ0) is 13.2. The second-order valence-corrected chi connectivity index (χ2v) is 5.69. The van der Waals surface area contributed by atoms with Gasteiger partial charge in [-0.15, -0.1) is 0 Å². The van der Waals surface area contributed by atoms with Gasteiger partial charge in [0.25, 0.3) is 0 Å². The molecule has 1 saturated carbocycles. The van der Waals surface area contributed by atoms with Crippen molar-refractivity contribution in [3.63, 3.8) is 0 Å². The first kappa shape index (κ1) is 13.8. The zero-order valence-electron chi connectivity index (χ0n) is 11.0. The van der Waals surface area contributed by atoms with Gasteiger partial charge in [-0.25, -0.2) is 4.79 Å². The molecule has 5 heteroatoms. The Labute approximate surface area is 102 Å².